The van der Waals surface area contributed by atoms with Crippen LogP contribution < -0.4 is 0 Å². The third kappa shape index (κ3) is 2.42. The molecule has 0 saturated carbocycles. The predicted molar refractivity (Wildman–Crippen MR) is 65.6 cm³/mol. The monoisotopic (exact) mass is 245 g/mol. The molecule has 0 bridgehead atoms. The maximum absolute atomic E-state index is 9.45. The second-order valence-electron chi connectivity index (χ2n) is 4.56. The zero-order valence-electron chi connectivity index (χ0n) is 9.99. The summed E-state index contributed by atoms with van der Waals surface area (Å²) in [6, 6.07) is 9.75. The molecule has 1 aliphatic rings. The second kappa shape index (κ2) is 4.88. The first kappa shape index (κ1) is 11.4. The molecule has 18 heavy (non-hydrogen) atoms. The number of hydrogen-bond donors (Lipinski definition) is 1. The van der Waals surface area contributed by atoms with E-state index in [4.69, 9.17) is 4.52 Å². The van der Waals surface area contributed by atoms with Gasteiger partial charge in [-0.25, -0.2) is 0 Å². The molecule has 1 atom stereocenters. The van der Waals surface area contributed by atoms with Crippen molar-refractivity contribution in [1.82, 2.24) is 15.0 Å². The first-order chi connectivity index (χ1) is 8.81. The van der Waals surface area contributed by atoms with Gasteiger partial charge in [0.15, 0.2) is 0 Å². The number of benzene rings is 1. The Morgan fingerprint density at radius 2 is 2.17 bits per heavy atom. The summed E-state index contributed by atoms with van der Waals surface area (Å²) in [6.45, 7) is 2.17. The molecule has 3 rings (SSSR count). The van der Waals surface area contributed by atoms with Crippen molar-refractivity contribution in [3.8, 4) is 11.4 Å². The van der Waals surface area contributed by atoms with Crippen LogP contribution in [0.25, 0.3) is 11.4 Å². The lowest BCUT2D eigenvalue weighted by Crippen LogP contribution is -2.21. The summed E-state index contributed by atoms with van der Waals surface area (Å²) in [5.74, 6) is 1.22. The Morgan fingerprint density at radius 1 is 1.33 bits per heavy atom. The Labute approximate surface area is 105 Å². The number of β-amino-alcohol motifs (C(OH)–C–C–N with tert-alkyl or cyclic N) is 1. The van der Waals surface area contributed by atoms with Crippen LogP contribution in [0.5, 0.6) is 0 Å². The normalized spacial score (nSPS) is 20.4. The summed E-state index contributed by atoms with van der Waals surface area (Å²) in [5.41, 5.74) is 0.953. The van der Waals surface area contributed by atoms with Crippen molar-refractivity contribution in [3.63, 3.8) is 0 Å². The van der Waals surface area contributed by atoms with Crippen molar-refractivity contribution in [3.05, 3.63) is 36.2 Å². The molecule has 2 heterocycles. The molecule has 2 aromatic rings. The predicted octanol–water partition coefficient (Wildman–Crippen LogP) is 1.30. The molecule has 0 unspecified atom stereocenters. The molecule has 94 valence electrons. The molecule has 0 spiro atoms. The summed E-state index contributed by atoms with van der Waals surface area (Å²) >= 11 is 0. The Balaban J connectivity index is 1.70. The quantitative estimate of drug-likeness (QED) is 0.883. The molecule has 5 heteroatoms. The number of nitrogens with zero attached hydrogens (tertiary/aromatic N) is 3. The highest BCUT2D eigenvalue weighted by molar-refractivity contribution is 5.53. The number of aromatic nitrogens is 2. The summed E-state index contributed by atoms with van der Waals surface area (Å²) in [6.07, 6.45) is 0.598. The van der Waals surface area contributed by atoms with E-state index < -0.39 is 0 Å². The fraction of sp³-hybridized carbons (Fsp3) is 0.385. The minimum Gasteiger partial charge on any atom is -0.392 e. The molecule has 0 amide bonds. The number of likely N-dealkylation sites (tertiary alicyclic amines) is 1. The smallest absolute Gasteiger partial charge is 0.241 e. The van der Waals surface area contributed by atoms with Crippen LogP contribution in [-0.4, -0.2) is 39.3 Å². The Kier molecular flexibility index (Phi) is 3.08. The highest BCUT2D eigenvalue weighted by Gasteiger charge is 2.22. The van der Waals surface area contributed by atoms with Crippen LogP contribution in [0.1, 0.15) is 12.3 Å². The molecule has 5 nitrogen and oxygen atoms in total. The zero-order valence-corrected chi connectivity index (χ0v) is 9.99. The van der Waals surface area contributed by atoms with Gasteiger partial charge in [0, 0.05) is 18.7 Å². The molecule has 0 radical (unpaired) electrons. The third-order valence-corrected chi connectivity index (χ3v) is 3.11. The van der Waals surface area contributed by atoms with Gasteiger partial charge in [-0.15, -0.1) is 0 Å². The van der Waals surface area contributed by atoms with Gasteiger partial charge >= 0.3 is 0 Å². The first-order valence-corrected chi connectivity index (χ1v) is 6.10. The molecular formula is C13H15N3O2. The van der Waals surface area contributed by atoms with E-state index in [2.05, 4.69) is 15.0 Å². The number of aliphatic hydroxyl groups excluding tert-OH is 1. The summed E-state index contributed by atoms with van der Waals surface area (Å²) in [4.78, 5) is 6.49. The van der Waals surface area contributed by atoms with Gasteiger partial charge in [-0.3, -0.25) is 4.90 Å². The lowest BCUT2D eigenvalue weighted by atomic mass is 10.2. The van der Waals surface area contributed by atoms with E-state index in [9.17, 15) is 5.11 Å². The maximum Gasteiger partial charge on any atom is 0.241 e. The van der Waals surface area contributed by atoms with Crippen molar-refractivity contribution in [1.29, 1.82) is 0 Å². The maximum atomic E-state index is 9.45. The number of aliphatic hydroxyl groups is 1. The summed E-state index contributed by atoms with van der Waals surface area (Å²) in [7, 11) is 0. The standard InChI is InChI=1S/C13H15N3O2/c17-11-6-7-16(8-11)9-12-14-13(15-18-12)10-4-2-1-3-5-10/h1-5,11,17H,6-9H2/t11-/m1/s1. The number of rotatable bonds is 3. The van der Waals surface area contributed by atoms with Crippen molar-refractivity contribution in [2.75, 3.05) is 13.1 Å². The lowest BCUT2D eigenvalue weighted by molar-refractivity contribution is 0.169. The molecular weight excluding hydrogens is 230 g/mol. The minimum absolute atomic E-state index is 0.221. The first-order valence-electron chi connectivity index (χ1n) is 6.10. The van der Waals surface area contributed by atoms with Gasteiger partial charge in [-0.05, 0) is 6.42 Å². The van der Waals surface area contributed by atoms with Crippen molar-refractivity contribution in [2.24, 2.45) is 0 Å². The van der Waals surface area contributed by atoms with Gasteiger partial charge in [-0.1, -0.05) is 35.5 Å². The topological polar surface area (TPSA) is 62.4 Å². The van der Waals surface area contributed by atoms with Crippen LogP contribution in [0.4, 0.5) is 0 Å². The Bertz CT molecular complexity index is 512. The highest BCUT2D eigenvalue weighted by Crippen LogP contribution is 2.17. The van der Waals surface area contributed by atoms with Crippen LogP contribution in [-0.2, 0) is 6.54 Å². The zero-order chi connectivity index (χ0) is 12.4. The van der Waals surface area contributed by atoms with E-state index in [0.29, 0.717) is 24.8 Å². The molecule has 1 fully saturated rings. The van der Waals surface area contributed by atoms with E-state index in [1.807, 2.05) is 30.3 Å². The molecule has 1 aliphatic heterocycles. The molecule has 0 aliphatic carbocycles. The van der Waals surface area contributed by atoms with Gasteiger partial charge < -0.3 is 9.63 Å². The van der Waals surface area contributed by atoms with E-state index in [-0.39, 0.29) is 6.10 Å². The summed E-state index contributed by atoms with van der Waals surface area (Å²) < 4.78 is 5.23. The van der Waals surface area contributed by atoms with E-state index in [1.54, 1.807) is 0 Å². The fourth-order valence-electron chi connectivity index (χ4n) is 2.17. The van der Waals surface area contributed by atoms with E-state index in [1.165, 1.54) is 0 Å². The van der Waals surface area contributed by atoms with E-state index in [0.717, 1.165) is 18.5 Å². The van der Waals surface area contributed by atoms with Gasteiger partial charge in [0.2, 0.25) is 11.7 Å². The average Bonchev–Trinajstić information content (AvgIpc) is 3.01. The van der Waals surface area contributed by atoms with Crippen molar-refractivity contribution < 1.29 is 9.63 Å². The van der Waals surface area contributed by atoms with Crippen LogP contribution in [0.2, 0.25) is 0 Å². The largest absolute Gasteiger partial charge is 0.392 e. The number of hydrogen-bond acceptors (Lipinski definition) is 5. The van der Waals surface area contributed by atoms with Crippen molar-refractivity contribution >= 4 is 0 Å². The van der Waals surface area contributed by atoms with Crippen LogP contribution >= 0.6 is 0 Å². The average molecular weight is 245 g/mol. The Morgan fingerprint density at radius 3 is 2.89 bits per heavy atom. The third-order valence-electron chi connectivity index (χ3n) is 3.11. The summed E-state index contributed by atoms with van der Waals surface area (Å²) in [5, 5.41) is 13.4. The van der Waals surface area contributed by atoms with E-state index >= 15 is 0 Å². The minimum atomic E-state index is -0.221. The lowest BCUT2D eigenvalue weighted by Gasteiger charge is -2.10. The van der Waals surface area contributed by atoms with Crippen molar-refractivity contribution in [2.45, 2.75) is 19.1 Å². The van der Waals surface area contributed by atoms with Crippen LogP contribution in [0.15, 0.2) is 34.9 Å². The fourth-order valence-corrected chi connectivity index (χ4v) is 2.17. The SMILES string of the molecule is O[C@@H]1CCN(Cc2nc(-c3ccccc3)no2)C1. The second-order valence-corrected chi connectivity index (χ2v) is 4.56. The van der Waals surface area contributed by atoms with Crippen LogP contribution in [0.3, 0.4) is 0 Å². The van der Waals surface area contributed by atoms with Gasteiger partial charge in [0.25, 0.3) is 0 Å². The molecule has 1 aromatic heterocycles. The van der Waals surface area contributed by atoms with Crippen LogP contribution in [0, 0.1) is 0 Å². The van der Waals surface area contributed by atoms with Gasteiger partial charge in [0.1, 0.15) is 0 Å². The highest BCUT2D eigenvalue weighted by atomic mass is 16.5. The molecule has 1 N–H and O–H groups in total. The molecule has 1 saturated heterocycles. The van der Waals surface area contributed by atoms with Gasteiger partial charge in [-0.2, -0.15) is 4.98 Å². The van der Waals surface area contributed by atoms with Gasteiger partial charge in [0.05, 0.1) is 12.6 Å². The molecule has 1 aromatic carbocycles. The Hall–Kier alpha value is -1.72.